The van der Waals surface area contributed by atoms with E-state index in [9.17, 15) is 14.7 Å². The number of oxazole rings is 1. The number of hydrogen-bond acceptors (Lipinski definition) is 4. The first kappa shape index (κ1) is 19.4. The lowest BCUT2D eigenvalue weighted by molar-refractivity contribution is -0.143. The van der Waals surface area contributed by atoms with Crippen molar-refractivity contribution in [2.24, 2.45) is 5.92 Å². The van der Waals surface area contributed by atoms with Crippen molar-refractivity contribution < 1.29 is 19.1 Å². The number of benzene rings is 1. The first-order valence-corrected chi connectivity index (χ1v) is 9.64. The number of rotatable bonds is 6. The Morgan fingerprint density at radius 1 is 1.22 bits per heavy atom. The third-order valence-electron chi connectivity index (χ3n) is 4.94. The van der Waals surface area contributed by atoms with Gasteiger partial charge in [-0.25, -0.2) is 4.98 Å². The number of aliphatic carboxylic acids is 1. The van der Waals surface area contributed by atoms with Gasteiger partial charge in [0, 0.05) is 24.4 Å². The second-order valence-corrected chi connectivity index (χ2v) is 7.26. The highest BCUT2D eigenvalue weighted by Crippen LogP contribution is 2.28. The minimum atomic E-state index is -0.834. The van der Waals surface area contributed by atoms with Crippen LogP contribution in [0.15, 0.2) is 34.9 Å². The van der Waals surface area contributed by atoms with E-state index in [0.717, 1.165) is 24.8 Å². The van der Waals surface area contributed by atoms with Gasteiger partial charge >= 0.3 is 5.97 Å². The van der Waals surface area contributed by atoms with Gasteiger partial charge in [-0.3, -0.25) is 9.59 Å². The van der Waals surface area contributed by atoms with Crippen molar-refractivity contribution in [2.45, 2.75) is 51.0 Å². The summed E-state index contributed by atoms with van der Waals surface area (Å²) in [5.74, 6) is -0.503. The van der Waals surface area contributed by atoms with E-state index in [2.05, 4.69) is 10.3 Å². The number of nitrogens with one attached hydrogen (secondary N) is 1. The van der Waals surface area contributed by atoms with E-state index >= 15 is 0 Å². The molecule has 1 aromatic carbocycles. The van der Waals surface area contributed by atoms with Crippen LogP contribution >= 0.6 is 11.6 Å². The smallest absolute Gasteiger partial charge is 0.308 e. The number of halogens is 1. The monoisotopic (exact) mass is 390 g/mol. The highest BCUT2D eigenvalue weighted by molar-refractivity contribution is 6.33. The molecule has 6 nitrogen and oxygen atoms in total. The fourth-order valence-electron chi connectivity index (χ4n) is 3.49. The van der Waals surface area contributed by atoms with Crippen LogP contribution in [0.4, 0.5) is 0 Å². The van der Waals surface area contributed by atoms with Crippen molar-refractivity contribution in [1.29, 1.82) is 0 Å². The number of carbonyl (C=O) groups excluding carboxylic acids is 1. The summed E-state index contributed by atoms with van der Waals surface area (Å²) in [6.45, 7) is 0. The molecule has 0 saturated heterocycles. The molecule has 2 N–H and O–H groups in total. The van der Waals surface area contributed by atoms with Crippen LogP contribution in [0.2, 0.25) is 5.02 Å². The van der Waals surface area contributed by atoms with Gasteiger partial charge in [0.25, 0.3) is 0 Å². The Kier molecular flexibility index (Phi) is 6.50. The zero-order valence-corrected chi connectivity index (χ0v) is 15.7. The molecule has 144 valence electrons. The van der Waals surface area contributed by atoms with Gasteiger partial charge in [0.15, 0.2) is 11.7 Å². The van der Waals surface area contributed by atoms with Crippen molar-refractivity contribution in [1.82, 2.24) is 10.3 Å². The van der Waals surface area contributed by atoms with Gasteiger partial charge in [-0.15, -0.1) is 0 Å². The Morgan fingerprint density at radius 3 is 2.78 bits per heavy atom. The van der Waals surface area contributed by atoms with E-state index in [-0.39, 0.29) is 18.4 Å². The molecule has 3 rings (SSSR count). The summed E-state index contributed by atoms with van der Waals surface area (Å²) in [5, 5.41) is 12.9. The van der Waals surface area contributed by atoms with Crippen molar-refractivity contribution in [3.8, 4) is 11.3 Å². The molecule has 0 radical (unpaired) electrons. The molecule has 0 spiro atoms. The maximum atomic E-state index is 12.3. The summed E-state index contributed by atoms with van der Waals surface area (Å²) in [7, 11) is 0. The lowest BCUT2D eigenvalue weighted by Crippen LogP contribution is -2.42. The van der Waals surface area contributed by atoms with Crippen molar-refractivity contribution in [2.75, 3.05) is 0 Å². The number of aromatic nitrogens is 1. The van der Waals surface area contributed by atoms with Gasteiger partial charge in [0.2, 0.25) is 5.91 Å². The number of carbonyl (C=O) groups is 2. The quantitative estimate of drug-likeness (QED) is 0.725. The van der Waals surface area contributed by atoms with Crippen LogP contribution < -0.4 is 5.32 Å². The third-order valence-corrected chi connectivity index (χ3v) is 5.27. The van der Waals surface area contributed by atoms with Crippen molar-refractivity contribution in [3.05, 3.63) is 41.4 Å². The molecule has 1 heterocycles. The molecule has 7 heteroatoms. The first-order chi connectivity index (χ1) is 13.0. The second-order valence-electron chi connectivity index (χ2n) is 6.85. The Balaban J connectivity index is 1.56. The predicted molar refractivity (Wildman–Crippen MR) is 101 cm³/mol. The average molecular weight is 391 g/mol. The lowest BCUT2D eigenvalue weighted by atomic mass is 9.94. The number of aryl methyl sites for hydroxylation is 1. The van der Waals surface area contributed by atoms with E-state index in [4.69, 9.17) is 16.0 Å². The summed E-state index contributed by atoms with van der Waals surface area (Å²) in [4.78, 5) is 28.0. The van der Waals surface area contributed by atoms with E-state index in [1.54, 1.807) is 12.3 Å². The Labute approximate surface area is 162 Å². The Hall–Kier alpha value is -2.34. The highest BCUT2D eigenvalue weighted by atomic mass is 35.5. The number of carboxylic acid groups (broad SMARTS) is 1. The van der Waals surface area contributed by atoms with Crippen LogP contribution in [0.25, 0.3) is 11.3 Å². The minimum Gasteiger partial charge on any atom is -0.481 e. The lowest BCUT2D eigenvalue weighted by Gasteiger charge is -2.22. The molecular weight excluding hydrogens is 368 g/mol. The molecule has 1 aliphatic carbocycles. The molecule has 2 aromatic rings. The predicted octanol–water partition coefficient (Wildman–Crippen LogP) is 4.08. The zero-order valence-electron chi connectivity index (χ0n) is 15.0. The Morgan fingerprint density at radius 2 is 2.00 bits per heavy atom. The number of nitrogens with zero attached hydrogens (tertiary/aromatic N) is 1. The Bertz CT molecular complexity index is 805. The standard InChI is InChI=1S/C20H23ClN2O4/c21-15-8-5-4-6-13(15)17-12-22-19(27-17)11-10-18(24)23-16-9-3-1-2-7-14(16)20(25)26/h4-6,8,12,14,16H,1-3,7,9-11H2,(H,23,24)(H,25,26)/t14-,16+/m1/s1. The van der Waals surface area contributed by atoms with Crippen LogP contribution in [-0.4, -0.2) is 28.0 Å². The molecule has 1 aromatic heterocycles. The van der Waals surface area contributed by atoms with Gasteiger partial charge in [-0.2, -0.15) is 0 Å². The molecule has 0 bridgehead atoms. The van der Waals surface area contributed by atoms with Crippen LogP contribution in [-0.2, 0) is 16.0 Å². The van der Waals surface area contributed by atoms with Gasteiger partial charge in [0.05, 0.1) is 17.1 Å². The average Bonchev–Trinajstić information content (AvgIpc) is 2.99. The molecule has 1 aliphatic rings. The molecule has 1 saturated carbocycles. The van der Waals surface area contributed by atoms with Crippen molar-refractivity contribution in [3.63, 3.8) is 0 Å². The van der Waals surface area contributed by atoms with E-state index < -0.39 is 11.9 Å². The number of hydrogen-bond donors (Lipinski definition) is 2. The zero-order chi connectivity index (χ0) is 19.2. The molecule has 2 atom stereocenters. The second kappa shape index (κ2) is 9.04. The van der Waals surface area contributed by atoms with Crippen LogP contribution in [0.1, 0.15) is 44.4 Å². The fourth-order valence-corrected chi connectivity index (χ4v) is 3.72. The van der Waals surface area contributed by atoms with Crippen LogP contribution in [0, 0.1) is 5.92 Å². The van der Waals surface area contributed by atoms with E-state index in [0.29, 0.717) is 35.9 Å². The maximum Gasteiger partial charge on any atom is 0.308 e. The fraction of sp³-hybridized carbons (Fsp3) is 0.450. The van der Waals surface area contributed by atoms with Gasteiger partial charge < -0.3 is 14.8 Å². The van der Waals surface area contributed by atoms with Crippen molar-refractivity contribution >= 4 is 23.5 Å². The molecule has 1 amide bonds. The molecule has 1 fully saturated rings. The summed E-state index contributed by atoms with van der Waals surface area (Å²) in [5.41, 5.74) is 0.755. The molecule has 0 aliphatic heterocycles. The van der Waals surface area contributed by atoms with Crippen LogP contribution in [0.3, 0.4) is 0 Å². The van der Waals surface area contributed by atoms with E-state index in [1.165, 1.54) is 0 Å². The van der Waals surface area contributed by atoms with E-state index in [1.807, 2.05) is 18.2 Å². The number of amides is 1. The highest BCUT2D eigenvalue weighted by Gasteiger charge is 2.30. The van der Waals surface area contributed by atoms with Crippen LogP contribution in [0.5, 0.6) is 0 Å². The summed E-state index contributed by atoms with van der Waals surface area (Å²) >= 11 is 6.16. The molecule has 0 unspecified atom stereocenters. The summed E-state index contributed by atoms with van der Waals surface area (Å²) < 4.78 is 5.70. The SMILES string of the molecule is O=C(CCc1ncc(-c2ccccc2Cl)o1)N[C@H]1CCCCC[C@H]1C(=O)O. The topological polar surface area (TPSA) is 92.4 Å². The largest absolute Gasteiger partial charge is 0.481 e. The summed E-state index contributed by atoms with van der Waals surface area (Å²) in [6, 6.07) is 7.02. The molecule has 27 heavy (non-hydrogen) atoms. The van der Waals surface area contributed by atoms with Gasteiger partial charge in [-0.05, 0) is 25.0 Å². The maximum absolute atomic E-state index is 12.3. The minimum absolute atomic E-state index is 0.175. The van der Waals surface area contributed by atoms with Gasteiger partial charge in [0.1, 0.15) is 0 Å². The first-order valence-electron chi connectivity index (χ1n) is 9.26. The third kappa shape index (κ3) is 5.10. The molecular formula is C20H23ClN2O4. The van der Waals surface area contributed by atoms with Gasteiger partial charge in [-0.1, -0.05) is 43.0 Å². The summed E-state index contributed by atoms with van der Waals surface area (Å²) in [6.07, 6.45) is 6.31. The normalized spacial score (nSPS) is 20.0. The number of carboxylic acids is 1.